The van der Waals surface area contributed by atoms with E-state index in [9.17, 15) is 0 Å². The Hall–Kier alpha value is 0.450. The fourth-order valence-electron chi connectivity index (χ4n) is 1.97. The van der Waals surface area contributed by atoms with Crippen LogP contribution >= 0.6 is 39.0 Å². The Morgan fingerprint density at radius 3 is 3.12 bits per heavy atom. The van der Waals surface area contributed by atoms with E-state index in [-0.39, 0.29) is 0 Å². The first-order valence-electron chi connectivity index (χ1n) is 5.97. The van der Waals surface area contributed by atoms with E-state index in [1.54, 1.807) is 0 Å². The number of thiophene rings is 1. The molecule has 17 heavy (non-hydrogen) atoms. The van der Waals surface area contributed by atoms with Crippen molar-refractivity contribution in [3.63, 3.8) is 0 Å². The molecular formula is C12H19BrN2S2. The number of thioether (sulfide) groups is 1. The fourth-order valence-corrected chi connectivity index (χ4v) is 4.69. The van der Waals surface area contributed by atoms with Crippen LogP contribution in [0.15, 0.2) is 15.9 Å². The van der Waals surface area contributed by atoms with Crippen LogP contribution in [0.2, 0.25) is 0 Å². The molecule has 0 radical (unpaired) electrons. The highest BCUT2D eigenvalue weighted by Gasteiger charge is 2.19. The molecule has 1 aliphatic heterocycles. The summed E-state index contributed by atoms with van der Waals surface area (Å²) < 4.78 is 1.19. The Morgan fingerprint density at radius 2 is 2.47 bits per heavy atom. The van der Waals surface area contributed by atoms with Gasteiger partial charge in [0.2, 0.25) is 0 Å². The zero-order valence-electron chi connectivity index (χ0n) is 10.1. The molecule has 2 nitrogen and oxygen atoms in total. The molecular weight excluding hydrogens is 316 g/mol. The van der Waals surface area contributed by atoms with Gasteiger partial charge in [-0.05, 0) is 41.2 Å². The minimum atomic E-state index is 0.803. The number of likely N-dealkylation sites (N-methyl/N-ethyl adjacent to an activating group) is 1. The molecule has 0 saturated carbocycles. The van der Waals surface area contributed by atoms with Gasteiger partial charge < -0.3 is 10.2 Å². The van der Waals surface area contributed by atoms with Crippen LogP contribution in [0.5, 0.6) is 0 Å². The van der Waals surface area contributed by atoms with Crippen molar-refractivity contribution in [1.29, 1.82) is 0 Å². The molecule has 0 aromatic carbocycles. The Balaban J connectivity index is 1.59. The van der Waals surface area contributed by atoms with E-state index in [2.05, 4.69) is 56.4 Å². The number of halogens is 1. The number of nitrogens with one attached hydrogen (secondary N) is 1. The van der Waals surface area contributed by atoms with Crippen LogP contribution in [0.4, 0.5) is 0 Å². The summed E-state index contributed by atoms with van der Waals surface area (Å²) in [6.45, 7) is 3.22. The maximum Gasteiger partial charge on any atom is 0.0300 e. The van der Waals surface area contributed by atoms with Gasteiger partial charge in [0.15, 0.2) is 0 Å². The van der Waals surface area contributed by atoms with Crippen molar-refractivity contribution in [3.05, 3.63) is 20.8 Å². The van der Waals surface area contributed by atoms with E-state index in [0.29, 0.717) is 0 Å². The maximum atomic E-state index is 3.51. The minimum absolute atomic E-state index is 0.803. The summed E-state index contributed by atoms with van der Waals surface area (Å²) in [5, 5.41) is 5.65. The van der Waals surface area contributed by atoms with Crippen molar-refractivity contribution in [2.24, 2.45) is 0 Å². The standard InChI is InChI=1S/C12H19BrN2S2/c1-15(11-2-5-16-9-11)4-3-14-7-12-6-10(13)8-17-12/h6,8,11,14H,2-5,7,9H2,1H3. The minimum Gasteiger partial charge on any atom is -0.311 e. The van der Waals surface area contributed by atoms with E-state index in [1.807, 2.05) is 11.3 Å². The van der Waals surface area contributed by atoms with Crippen molar-refractivity contribution in [1.82, 2.24) is 10.2 Å². The Labute approximate surface area is 120 Å². The predicted octanol–water partition coefficient (Wildman–Crippen LogP) is 3.04. The lowest BCUT2D eigenvalue weighted by molar-refractivity contribution is 0.262. The summed E-state index contributed by atoms with van der Waals surface area (Å²) >= 11 is 7.37. The molecule has 2 heterocycles. The van der Waals surface area contributed by atoms with Crippen molar-refractivity contribution in [3.8, 4) is 0 Å². The molecule has 1 atom stereocenters. The van der Waals surface area contributed by atoms with Crippen LogP contribution in [-0.4, -0.2) is 42.6 Å². The fraction of sp³-hybridized carbons (Fsp3) is 0.667. The summed E-state index contributed by atoms with van der Waals surface area (Å²) in [7, 11) is 2.25. The zero-order valence-corrected chi connectivity index (χ0v) is 13.3. The van der Waals surface area contributed by atoms with Gasteiger partial charge in [-0.3, -0.25) is 0 Å². The molecule has 0 aliphatic carbocycles. The summed E-state index contributed by atoms with van der Waals surface area (Å²) in [6.07, 6.45) is 1.36. The van der Waals surface area contributed by atoms with Crippen LogP contribution in [0.1, 0.15) is 11.3 Å². The van der Waals surface area contributed by atoms with E-state index in [0.717, 1.165) is 25.7 Å². The number of rotatable bonds is 6. The lowest BCUT2D eigenvalue weighted by Gasteiger charge is -2.23. The van der Waals surface area contributed by atoms with Gasteiger partial charge in [-0.1, -0.05) is 0 Å². The van der Waals surface area contributed by atoms with Crippen molar-refractivity contribution < 1.29 is 0 Å². The molecule has 1 fully saturated rings. The summed E-state index contributed by atoms with van der Waals surface area (Å²) in [5.74, 6) is 2.65. The predicted molar refractivity (Wildman–Crippen MR) is 82.1 cm³/mol. The lowest BCUT2D eigenvalue weighted by Crippen LogP contribution is -2.36. The van der Waals surface area contributed by atoms with Crippen LogP contribution in [-0.2, 0) is 6.54 Å². The third-order valence-corrected chi connectivity index (χ3v) is 5.93. The maximum absolute atomic E-state index is 3.51. The highest BCUT2D eigenvalue weighted by atomic mass is 79.9. The normalized spacial score (nSPS) is 20.3. The Morgan fingerprint density at radius 1 is 1.59 bits per heavy atom. The average Bonchev–Trinajstić information content (AvgIpc) is 2.95. The molecule has 1 unspecified atom stereocenters. The second kappa shape index (κ2) is 7.14. The van der Waals surface area contributed by atoms with Gasteiger partial charge in [0.05, 0.1) is 0 Å². The van der Waals surface area contributed by atoms with Crippen LogP contribution in [0.3, 0.4) is 0 Å². The lowest BCUT2D eigenvalue weighted by atomic mass is 10.2. The Kier molecular flexibility index (Phi) is 5.83. The highest BCUT2D eigenvalue weighted by Crippen LogP contribution is 2.21. The van der Waals surface area contributed by atoms with Crippen LogP contribution in [0.25, 0.3) is 0 Å². The quantitative estimate of drug-likeness (QED) is 0.805. The molecule has 1 saturated heterocycles. The first-order chi connectivity index (χ1) is 8.25. The average molecular weight is 335 g/mol. The SMILES string of the molecule is CN(CCNCc1cc(Br)cs1)C1CCSC1. The molecule has 1 aromatic heterocycles. The van der Waals surface area contributed by atoms with Gasteiger partial charge in [0, 0.05) is 46.2 Å². The van der Waals surface area contributed by atoms with Gasteiger partial charge in [-0.15, -0.1) is 11.3 Å². The molecule has 1 aliphatic rings. The van der Waals surface area contributed by atoms with Crippen LogP contribution in [0, 0.1) is 0 Å². The molecule has 0 spiro atoms. The van der Waals surface area contributed by atoms with E-state index >= 15 is 0 Å². The topological polar surface area (TPSA) is 15.3 Å². The molecule has 96 valence electrons. The molecule has 1 aromatic rings. The van der Waals surface area contributed by atoms with Gasteiger partial charge in [0.25, 0.3) is 0 Å². The highest BCUT2D eigenvalue weighted by molar-refractivity contribution is 9.10. The largest absolute Gasteiger partial charge is 0.311 e. The van der Waals surface area contributed by atoms with Crippen molar-refractivity contribution in [2.75, 3.05) is 31.6 Å². The van der Waals surface area contributed by atoms with Gasteiger partial charge in [0.1, 0.15) is 0 Å². The third-order valence-electron chi connectivity index (χ3n) is 3.09. The van der Waals surface area contributed by atoms with Gasteiger partial charge in [-0.2, -0.15) is 11.8 Å². The van der Waals surface area contributed by atoms with E-state index in [4.69, 9.17) is 0 Å². The summed E-state index contributed by atoms with van der Waals surface area (Å²) in [6, 6.07) is 2.99. The first kappa shape index (κ1) is 13.9. The third kappa shape index (κ3) is 4.56. The van der Waals surface area contributed by atoms with E-state index in [1.165, 1.54) is 27.3 Å². The van der Waals surface area contributed by atoms with Gasteiger partial charge >= 0.3 is 0 Å². The number of hydrogen-bond donors (Lipinski definition) is 1. The van der Waals surface area contributed by atoms with Gasteiger partial charge in [-0.25, -0.2) is 0 Å². The smallest absolute Gasteiger partial charge is 0.0300 e. The molecule has 2 rings (SSSR count). The summed E-state index contributed by atoms with van der Waals surface area (Å²) in [5.41, 5.74) is 0. The van der Waals surface area contributed by atoms with Crippen molar-refractivity contribution >= 4 is 39.0 Å². The zero-order chi connectivity index (χ0) is 12.1. The first-order valence-corrected chi connectivity index (χ1v) is 8.80. The monoisotopic (exact) mass is 334 g/mol. The summed E-state index contributed by atoms with van der Waals surface area (Å²) in [4.78, 5) is 3.90. The number of hydrogen-bond acceptors (Lipinski definition) is 4. The molecule has 1 N–H and O–H groups in total. The molecule has 0 bridgehead atoms. The second-order valence-corrected chi connectivity index (χ2v) is 7.47. The Bertz CT molecular complexity index is 337. The van der Waals surface area contributed by atoms with E-state index < -0.39 is 0 Å². The van der Waals surface area contributed by atoms with Crippen LogP contribution < -0.4 is 5.32 Å². The molecule has 0 amide bonds. The molecule has 5 heteroatoms. The van der Waals surface area contributed by atoms with Crippen molar-refractivity contribution in [2.45, 2.75) is 19.0 Å². The second-order valence-electron chi connectivity index (χ2n) is 4.41. The number of nitrogens with zero attached hydrogens (tertiary/aromatic N) is 1.